The largest absolute Gasteiger partial charge is 0.378 e. The SMILES string of the molecule is O=C1Nc2ccccc2CC12CCN(C1COC1)C2. The molecule has 0 aliphatic carbocycles. The van der Waals surface area contributed by atoms with Gasteiger partial charge in [0.1, 0.15) is 0 Å². The molecule has 1 N–H and O–H groups in total. The van der Waals surface area contributed by atoms with Gasteiger partial charge in [-0.15, -0.1) is 0 Å². The molecule has 0 bridgehead atoms. The summed E-state index contributed by atoms with van der Waals surface area (Å²) in [7, 11) is 0. The number of benzene rings is 1. The molecule has 2 saturated heterocycles. The fraction of sp³-hybridized carbons (Fsp3) is 0.533. The molecule has 4 heteroatoms. The molecule has 1 aromatic rings. The maximum atomic E-state index is 12.5. The molecule has 0 aromatic heterocycles. The van der Waals surface area contributed by atoms with Crippen molar-refractivity contribution in [3.63, 3.8) is 0 Å². The van der Waals surface area contributed by atoms with Gasteiger partial charge in [-0.1, -0.05) is 18.2 Å². The van der Waals surface area contributed by atoms with Crippen LogP contribution < -0.4 is 5.32 Å². The predicted octanol–water partition coefficient (Wildman–Crippen LogP) is 1.27. The lowest BCUT2D eigenvalue weighted by Crippen LogP contribution is -2.50. The highest BCUT2D eigenvalue weighted by Gasteiger charge is 2.49. The van der Waals surface area contributed by atoms with Crippen LogP contribution in [0.4, 0.5) is 5.69 Å². The number of ether oxygens (including phenoxy) is 1. The minimum Gasteiger partial charge on any atom is -0.378 e. The summed E-state index contributed by atoms with van der Waals surface area (Å²) < 4.78 is 5.26. The normalized spacial score (nSPS) is 31.1. The van der Waals surface area contributed by atoms with Gasteiger partial charge >= 0.3 is 0 Å². The van der Waals surface area contributed by atoms with Gasteiger partial charge in [0.15, 0.2) is 0 Å². The van der Waals surface area contributed by atoms with E-state index < -0.39 is 0 Å². The summed E-state index contributed by atoms with van der Waals surface area (Å²) in [6.45, 7) is 3.55. The van der Waals surface area contributed by atoms with Crippen molar-refractivity contribution < 1.29 is 9.53 Å². The van der Waals surface area contributed by atoms with Crippen molar-refractivity contribution in [3.05, 3.63) is 29.8 Å². The van der Waals surface area contributed by atoms with E-state index in [-0.39, 0.29) is 11.3 Å². The van der Waals surface area contributed by atoms with Crippen LogP contribution in [0.1, 0.15) is 12.0 Å². The van der Waals surface area contributed by atoms with Crippen LogP contribution in [0.25, 0.3) is 0 Å². The van der Waals surface area contributed by atoms with Crippen LogP contribution in [0.15, 0.2) is 24.3 Å². The first-order valence-electron chi connectivity index (χ1n) is 6.98. The number of carbonyl (C=O) groups is 1. The Bertz CT molecular complexity index is 527. The molecule has 4 rings (SSSR count). The lowest BCUT2D eigenvalue weighted by Gasteiger charge is -2.37. The van der Waals surface area contributed by atoms with E-state index in [1.165, 1.54) is 5.56 Å². The van der Waals surface area contributed by atoms with E-state index in [4.69, 9.17) is 4.74 Å². The maximum Gasteiger partial charge on any atom is 0.232 e. The monoisotopic (exact) mass is 258 g/mol. The van der Waals surface area contributed by atoms with Gasteiger partial charge in [0, 0.05) is 12.2 Å². The third-order valence-corrected chi connectivity index (χ3v) is 4.80. The topological polar surface area (TPSA) is 41.6 Å². The van der Waals surface area contributed by atoms with Crippen LogP contribution in [-0.2, 0) is 16.0 Å². The van der Waals surface area contributed by atoms with Gasteiger partial charge in [-0.05, 0) is 31.0 Å². The molecule has 1 unspecified atom stereocenters. The van der Waals surface area contributed by atoms with Crippen LogP contribution in [0.3, 0.4) is 0 Å². The van der Waals surface area contributed by atoms with Gasteiger partial charge < -0.3 is 10.1 Å². The van der Waals surface area contributed by atoms with Crippen LogP contribution in [0.5, 0.6) is 0 Å². The Morgan fingerprint density at radius 1 is 1.32 bits per heavy atom. The minimum atomic E-state index is -0.218. The van der Waals surface area contributed by atoms with Crippen molar-refractivity contribution in [2.24, 2.45) is 5.41 Å². The highest BCUT2D eigenvalue weighted by molar-refractivity contribution is 5.98. The van der Waals surface area contributed by atoms with Crippen LogP contribution in [0, 0.1) is 5.41 Å². The Hall–Kier alpha value is -1.39. The highest BCUT2D eigenvalue weighted by Crippen LogP contribution is 2.41. The zero-order valence-electron chi connectivity index (χ0n) is 10.9. The maximum absolute atomic E-state index is 12.5. The Morgan fingerprint density at radius 2 is 2.16 bits per heavy atom. The number of likely N-dealkylation sites (tertiary alicyclic amines) is 1. The number of amides is 1. The molecule has 1 amide bonds. The smallest absolute Gasteiger partial charge is 0.232 e. The van der Waals surface area contributed by atoms with E-state index in [9.17, 15) is 4.79 Å². The minimum absolute atomic E-state index is 0.203. The zero-order valence-corrected chi connectivity index (χ0v) is 10.9. The van der Waals surface area contributed by atoms with E-state index in [0.29, 0.717) is 6.04 Å². The van der Waals surface area contributed by atoms with E-state index in [1.54, 1.807) is 0 Å². The first-order valence-corrected chi connectivity index (χ1v) is 6.98. The lowest BCUT2D eigenvalue weighted by molar-refractivity contribution is -0.126. The summed E-state index contributed by atoms with van der Waals surface area (Å²) in [6, 6.07) is 8.68. The van der Waals surface area contributed by atoms with Crippen molar-refractivity contribution in [1.82, 2.24) is 4.90 Å². The fourth-order valence-corrected chi connectivity index (χ4v) is 3.48. The third kappa shape index (κ3) is 1.70. The lowest BCUT2D eigenvalue weighted by atomic mass is 9.77. The Morgan fingerprint density at radius 3 is 2.95 bits per heavy atom. The fourth-order valence-electron chi connectivity index (χ4n) is 3.48. The quantitative estimate of drug-likeness (QED) is 0.825. The molecule has 1 spiro atoms. The van der Waals surface area contributed by atoms with Crippen molar-refractivity contribution in [2.75, 3.05) is 31.6 Å². The molecule has 4 nitrogen and oxygen atoms in total. The van der Waals surface area contributed by atoms with Crippen LogP contribution in [0.2, 0.25) is 0 Å². The Kier molecular flexibility index (Phi) is 2.44. The average Bonchev–Trinajstić information content (AvgIpc) is 2.74. The van der Waals surface area contributed by atoms with E-state index in [0.717, 1.165) is 44.8 Å². The summed E-state index contributed by atoms with van der Waals surface area (Å²) in [5.74, 6) is 0.203. The predicted molar refractivity (Wildman–Crippen MR) is 72.0 cm³/mol. The van der Waals surface area contributed by atoms with Crippen molar-refractivity contribution >= 4 is 11.6 Å². The number of hydrogen-bond acceptors (Lipinski definition) is 3. The van der Waals surface area contributed by atoms with Gasteiger partial charge in [-0.25, -0.2) is 0 Å². The zero-order chi connectivity index (χ0) is 12.9. The van der Waals surface area contributed by atoms with Crippen molar-refractivity contribution in [1.29, 1.82) is 0 Å². The number of hydrogen-bond donors (Lipinski definition) is 1. The Balaban J connectivity index is 1.60. The second-order valence-corrected chi connectivity index (χ2v) is 5.98. The van der Waals surface area contributed by atoms with Gasteiger partial charge in [0.05, 0.1) is 24.7 Å². The standard InChI is InChI=1S/C15H18N2O2/c18-14-15(5-6-17(10-15)12-8-19-9-12)7-11-3-1-2-4-13(11)16-14/h1-4,12H,5-10H2,(H,16,18). The molecule has 1 aromatic carbocycles. The van der Waals surface area contributed by atoms with Gasteiger partial charge in [-0.2, -0.15) is 0 Å². The summed E-state index contributed by atoms with van der Waals surface area (Å²) in [5, 5.41) is 3.09. The molecular formula is C15H18N2O2. The van der Waals surface area contributed by atoms with Crippen LogP contribution in [-0.4, -0.2) is 43.2 Å². The third-order valence-electron chi connectivity index (χ3n) is 4.80. The molecule has 0 radical (unpaired) electrons. The molecule has 3 aliphatic heterocycles. The molecular weight excluding hydrogens is 240 g/mol. The van der Waals surface area contributed by atoms with E-state index in [2.05, 4.69) is 22.3 Å². The average molecular weight is 258 g/mol. The molecule has 2 fully saturated rings. The molecule has 1 atom stereocenters. The summed E-state index contributed by atoms with van der Waals surface area (Å²) in [5.41, 5.74) is 2.04. The van der Waals surface area contributed by atoms with Gasteiger partial charge in [0.2, 0.25) is 5.91 Å². The summed E-state index contributed by atoms with van der Waals surface area (Å²) in [4.78, 5) is 14.9. The number of carbonyl (C=O) groups excluding carboxylic acids is 1. The summed E-state index contributed by atoms with van der Waals surface area (Å²) >= 11 is 0. The molecule has 3 heterocycles. The highest BCUT2D eigenvalue weighted by atomic mass is 16.5. The van der Waals surface area contributed by atoms with Gasteiger partial charge in [-0.3, -0.25) is 9.69 Å². The second-order valence-electron chi connectivity index (χ2n) is 5.98. The molecule has 19 heavy (non-hydrogen) atoms. The van der Waals surface area contributed by atoms with Crippen molar-refractivity contribution in [2.45, 2.75) is 18.9 Å². The van der Waals surface area contributed by atoms with E-state index in [1.807, 2.05) is 12.1 Å². The number of nitrogens with one attached hydrogen (secondary N) is 1. The number of rotatable bonds is 1. The van der Waals surface area contributed by atoms with E-state index >= 15 is 0 Å². The van der Waals surface area contributed by atoms with Crippen molar-refractivity contribution in [3.8, 4) is 0 Å². The number of nitrogens with zero attached hydrogens (tertiary/aromatic N) is 1. The number of anilines is 1. The Labute approximate surface area is 112 Å². The molecule has 0 saturated carbocycles. The first-order chi connectivity index (χ1) is 9.27. The second kappa shape index (κ2) is 4.05. The van der Waals surface area contributed by atoms with Gasteiger partial charge in [0.25, 0.3) is 0 Å². The number of para-hydroxylation sites is 1. The number of fused-ring (bicyclic) bond motifs is 1. The molecule has 3 aliphatic rings. The molecule has 100 valence electrons. The summed E-state index contributed by atoms with van der Waals surface area (Å²) in [6.07, 6.45) is 1.84. The first kappa shape index (κ1) is 11.4. The van der Waals surface area contributed by atoms with Crippen LogP contribution >= 0.6 is 0 Å².